The number of rotatable bonds is 4. The second kappa shape index (κ2) is 5.92. The lowest BCUT2D eigenvalue weighted by Crippen LogP contribution is -2.47. The van der Waals surface area contributed by atoms with E-state index in [-0.39, 0.29) is 11.9 Å². The number of amides is 1. The van der Waals surface area contributed by atoms with Crippen molar-refractivity contribution < 1.29 is 4.79 Å². The zero-order chi connectivity index (χ0) is 14.8. The predicted octanol–water partition coefficient (Wildman–Crippen LogP) is 3.02. The van der Waals surface area contributed by atoms with Gasteiger partial charge in [0.15, 0.2) is 0 Å². The molecule has 1 unspecified atom stereocenters. The first-order valence-corrected chi connectivity index (χ1v) is 7.54. The quantitative estimate of drug-likeness (QED) is 0.838. The van der Waals surface area contributed by atoms with Crippen molar-refractivity contribution in [3.63, 3.8) is 0 Å². The molecule has 0 saturated heterocycles. The molecule has 1 aliphatic carbocycles. The summed E-state index contributed by atoms with van der Waals surface area (Å²) in [6.45, 7) is 4.04. The molecular formula is C16H22N2OS. The second-order valence-electron chi connectivity index (χ2n) is 5.76. The van der Waals surface area contributed by atoms with E-state index < -0.39 is 5.41 Å². The van der Waals surface area contributed by atoms with Crippen LogP contribution in [0.2, 0.25) is 0 Å². The lowest BCUT2D eigenvalue weighted by atomic mass is 9.84. The van der Waals surface area contributed by atoms with Crippen LogP contribution in [0.15, 0.2) is 24.3 Å². The summed E-state index contributed by atoms with van der Waals surface area (Å²) in [6, 6.07) is 8.16. The molecule has 3 nitrogen and oxygen atoms in total. The Kier molecular flexibility index (Phi) is 4.43. The Labute approximate surface area is 125 Å². The molecule has 4 heteroatoms. The molecule has 2 rings (SSSR count). The van der Waals surface area contributed by atoms with Crippen molar-refractivity contribution in [1.29, 1.82) is 0 Å². The number of aryl methyl sites for hydroxylation is 1. The zero-order valence-corrected chi connectivity index (χ0v) is 12.9. The molecule has 0 heterocycles. The Morgan fingerprint density at radius 3 is 2.35 bits per heavy atom. The van der Waals surface area contributed by atoms with E-state index in [0.717, 1.165) is 31.2 Å². The third-order valence-electron chi connectivity index (χ3n) is 4.29. The minimum absolute atomic E-state index is 0.0180. The van der Waals surface area contributed by atoms with E-state index in [1.807, 2.05) is 26.0 Å². The first-order valence-electron chi connectivity index (χ1n) is 7.13. The summed E-state index contributed by atoms with van der Waals surface area (Å²) in [5, 5.41) is 3.07. The molecule has 0 aliphatic heterocycles. The average molecular weight is 290 g/mol. The van der Waals surface area contributed by atoms with Gasteiger partial charge in [0, 0.05) is 0 Å². The monoisotopic (exact) mass is 290 g/mol. The van der Waals surface area contributed by atoms with Crippen LogP contribution in [0.5, 0.6) is 0 Å². The van der Waals surface area contributed by atoms with Crippen LogP contribution in [0, 0.1) is 12.3 Å². The van der Waals surface area contributed by atoms with Crippen LogP contribution >= 0.6 is 12.2 Å². The number of carbonyl (C=O) groups is 1. The standard InChI is InChI=1S/C16H22N2OS/c1-11-5-7-13(8-6-11)12(2)18-15(19)16(14(17)20)9-3-4-10-16/h5-8,12H,3-4,9-10H2,1-2H3,(H2,17,20)(H,18,19). The predicted molar refractivity (Wildman–Crippen MR) is 85.4 cm³/mol. The van der Waals surface area contributed by atoms with Crippen molar-refractivity contribution in [3.05, 3.63) is 35.4 Å². The van der Waals surface area contributed by atoms with Crippen LogP contribution in [0.25, 0.3) is 0 Å². The van der Waals surface area contributed by atoms with Gasteiger partial charge in [0.1, 0.15) is 0 Å². The molecule has 0 bridgehead atoms. The first-order chi connectivity index (χ1) is 9.45. The van der Waals surface area contributed by atoms with E-state index in [1.165, 1.54) is 5.56 Å². The number of nitrogens with one attached hydrogen (secondary N) is 1. The third kappa shape index (κ3) is 2.85. The highest BCUT2D eigenvalue weighted by molar-refractivity contribution is 7.80. The number of carbonyl (C=O) groups excluding carboxylic acids is 1. The van der Waals surface area contributed by atoms with Crippen molar-refractivity contribution in [3.8, 4) is 0 Å². The third-order valence-corrected chi connectivity index (χ3v) is 4.68. The average Bonchev–Trinajstić information content (AvgIpc) is 2.90. The Bertz CT molecular complexity index is 504. The minimum Gasteiger partial charge on any atom is -0.392 e. The summed E-state index contributed by atoms with van der Waals surface area (Å²) < 4.78 is 0. The van der Waals surface area contributed by atoms with Crippen LogP contribution < -0.4 is 11.1 Å². The number of thiocarbonyl (C=S) groups is 1. The molecular weight excluding hydrogens is 268 g/mol. The van der Waals surface area contributed by atoms with Gasteiger partial charge in [0.2, 0.25) is 5.91 Å². The Balaban J connectivity index is 2.10. The maximum absolute atomic E-state index is 12.6. The maximum Gasteiger partial charge on any atom is 0.233 e. The minimum atomic E-state index is -0.631. The van der Waals surface area contributed by atoms with E-state index >= 15 is 0 Å². The normalized spacial score (nSPS) is 18.5. The van der Waals surface area contributed by atoms with Gasteiger partial charge in [-0.25, -0.2) is 0 Å². The summed E-state index contributed by atoms with van der Waals surface area (Å²) >= 11 is 5.15. The van der Waals surface area contributed by atoms with Crippen LogP contribution in [0.4, 0.5) is 0 Å². The topological polar surface area (TPSA) is 55.1 Å². The fourth-order valence-corrected chi connectivity index (χ4v) is 3.13. The fourth-order valence-electron chi connectivity index (χ4n) is 2.84. The number of hydrogen-bond donors (Lipinski definition) is 2. The Hall–Kier alpha value is -1.42. The van der Waals surface area contributed by atoms with E-state index in [2.05, 4.69) is 17.4 Å². The Morgan fingerprint density at radius 2 is 1.85 bits per heavy atom. The molecule has 1 aliphatic rings. The first kappa shape index (κ1) is 15.0. The van der Waals surface area contributed by atoms with Crippen LogP contribution in [-0.4, -0.2) is 10.9 Å². The largest absolute Gasteiger partial charge is 0.392 e. The van der Waals surface area contributed by atoms with Gasteiger partial charge < -0.3 is 11.1 Å². The SMILES string of the molecule is Cc1ccc(C(C)NC(=O)C2(C(N)=S)CCCC2)cc1. The van der Waals surface area contributed by atoms with Gasteiger partial charge in [-0.05, 0) is 32.3 Å². The van der Waals surface area contributed by atoms with Gasteiger partial charge in [-0.3, -0.25) is 4.79 Å². The molecule has 20 heavy (non-hydrogen) atoms. The van der Waals surface area contributed by atoms with Crippen molar-refractivity contribution in [2.75, 3.05) is 0 Å². The van der Waals surface area contributed by atoms with Crippen molar-refractivity contribution >= 4 is 23.1 Å². The molecule has 1 fully saturated rings. The molecule has 0 aromatic heterocycles. The van der Waals surface area contributed by atoms with Crippen LogP contribution in [0.1, 0.15) is 49.8 Å². The number of benzene rings is 1. The molecule has 1 aromatic rings. The summed E-state index contributed by atoms with van der Waals surface area (Å²) in [4.78, 5) is 12.9. The lowest BCUT2D eigenvalue weighted by Gasteiger charge is -2.28. The molecule has 0 radical (unpaired) electrons. The molecule has 1 saturated carbocycles. The van der Waals surface area contributed by atoms with E-state index in [4.69, 9.17) is 18.0 Å². The van der Waals surface area contributed by atoms with Gasteiger partial charge in [-0.2, -0.15) is 0 Å². The highest BCUT2D eigenvalue weighted by atomic mass is 32.1. The molecule has 1 atom stereocenters. The molecule has 3 N–H and O–H groups in total. The van der Waals surface area contributed by atoms with Gasteiger partial charge in [-0.1, -0.05) is 54.9 Å². The molecule has 0 spiro atoms. The highest BCUT2D eigenvalue weighted by Gasteiger charge is 2.44. The summed E-state index contributed by atoms with van der Waals surface area (Å²) in [5.41, 5.74) is 7.52. The van der Waals surface area contributed by atoms with Crippen LogP contribution in [0.3, 0.4) is 0 Å². The zero-order valence-electron chi connectivity index (χ0n) is 12.1. The summed E-state index contributed by atoms with van der Waals surface area (Å²) in [7, 11) is 0. The van der Waals surface area contributed by atoms with Crippen LogP contribution in [-0.2, 0) is 4.79 Å². The Morgan fingerprint density at radius 1 is 1.30 bits per heavy atom. The van der Waals surface area contributed by atoms with E-state index in [1.54, 1.807) is 0 Å². The highest BCUT2D eigenvalue weighted by Crippen LogP contribution is 2.39. The molecule has 1 aromatic carbocycles. The lowest BCUT2D eigenvalue weighted by molar-refractivity contribution is -0.128. The second-order valence-corrected chi connectivity index (χ2v) is 6.20. The summed E-state index contributed by atoms with van der Waals surface area (Å²) in [5.74, 6) is -0.0180. The van der Waals surface area contributed by atoms with Crippen molar-refractivity contribution in [2.24, 2.45) is 11.1 Å². The summed E-state index contributed by atoms with van der Waals surface area (Å²) in [6.07, 6.45) is 3.58. The smallest absolute Gasteiger partial charge is 0.233 e. The fraction of sp³-hybridized carbons (Fsp3) is 0.500. The maximum atomic E-state index is 12.6. The number of nitrogens with two attached hydrogens (primary N) is 1. The molecule has 108 valence electrons. The van der Waals surface area contributed by atoms with Crippen molar-refractivity contribution in [2.45, 2.75) is 45.6 Å². The molecule has 1 amide bonds. The van der Waals surface area contributed by atoms with Gasteiger partial charge in [-0.15, -0.1) is 0 Å². The van der Waals surface area contributed by atoms with Gasteiger partial charge in [0.25, 0.3) is 0 Å². The number of hydrogen-bond acceptors (Lipinski definition) is 2. The van der Waals surface area contributed by atoms with E-state index in [0.29, 0.717) is 4.99 Å². The van der Waals surface area contributed by atoms with E-state index in [9.17, 15) is 4.79 Å². The van der Waals surface area contributed by atoms with Crippen molar-refractivity contribution in [1.82, 2.24) is 5.32 Å². The van der Waals surface area contributed by atoms with Gasteiger partial charge >= 0.3 is 0 Å². The van der Waals surface area contributed by atoms with Gasteiger partial charge in [0.05, 0.1) is 16.4 Å².